The minimum Gasteiger partial charge on any atom is -0.323 e. The summed E-state index contributed by atoms with van der Waals surface area (Å²) in [6, 6.07) is 0. The summed E-state index contributed by atoms with van der Waals surface area (Å²) in [5.74, 6) is 0. The molecule has 3 N–H and O–H groups in total. The first kappa shape index (κ1) is 21.2. The maximum atomic E-state index is 12.4. The molecule has 0 unspecified atom stereocenters. The fourth-order valence-corrected chi connectivity index (χ4v) is 5.47. The maximum absolute atomic E-state index is 12.4. The van der Waals surface area contributed by atoms with Gasteiger partial charge < -0.3 is 9.79 Å². The Kier molecular flexibility index (Phi) is 8.79. The van der Waals surface area contributed by atoms with Gasteiger partial charge in [-0.15, -0.1) is 0 Å². The molecule has 5 heteroatoms. The highest BCUT2D eigenvalue weighted by molar-refractivity contribution is 7.53. The summed E-state index contributed by atoms with van der Waals surface area (Å²) >= 11 is 0. The van der Waals surface area contributed by atoms with Crippen molar-refractivity contribution in [1.29, 1.82) is 0 Å². The average Bonchev–Trinajstić information content (AvgIpc) is 2.51. The zero-order valence-electron chi connectivity index (χ0n) is 15.4. The van der Waals surface area contributed by atoms with Crippen LogP contribution in [0, 0.1) is 0 Å². The van der Waals surface area contributed by atoms with Crippen LogP contribution in [-0.4, -0.2) is 20.6 Å². The third-order valence-electron chi connectivity index (χ3n) is 5.48. The molecule has 4 nitrogen and oxygen atoms in total. The van der Waals surface area contributed by atoms with E-state index < -0.39 is 12.9 Å². The van der Waals surface area contributed by atoms with Crippen LogP contribution in [0.25, 0.3) is 0 Å². The second-order valence-electron chi connectivity index (χ2n) is 7.50. The van der Waals surface area contributed by atoms with Gasteiger partial charge in [0.1, 0.15) is 5.28 Å². The van der Waals surface area contributed by atoms with Gasteiger partial charge >= 0.3 is 7.60 Å². The zero-order valence-corrected chi connectivity index (χ0v) is 16.3. The quantitative estimate of drug-likeness (QED) is 0.442. The van der Waals surface area contributed by atoms with E-state index in [1.807, 2.05) is 0 Å². The second-order valence-corrected chi connectivity index (χ2v) is 9.44. The zero-order chi connectivity index (χ0) is 17.4. The van der Waals surface area contributed by atoms with Crippen molar-refractivity contribution >= 4 is 7.60 Å². The van der Waals surface area contributed by atoms with E-state index in [-0.39, 0.29) is 5.54 Å². The SMILES string of the molecule is CCCCC(CCC)(CCCC)NC1(P(=O)(O)O)CCCCC1. The van der Waals surface area contributed by atoms with Gasteiger partial charge in [0, 0.05) is 5.54 Å². The molecule has 0 atom stereocenters. The molecule has 0 spiro atoms. The van der Waals surface area contributed by atoms with Crippen LogP contribution in [0.2, 0.25) is 0 Å². The molecule has 0 aliphatic heterocycles. The monoisotopic (exact) mass is 347 g/mol. The topological polar surface area (TPSA) is 69.6 Å². The fourth-order valence-electron chi connectivity index (χ4n) is 4.19. The van der Waals surface area contributed by atoms with Gasteiger partial charge in [0.15, 0.2) is 0 Å². The van der Waals surface area contributed by atoms with Crippen LogP contribution in [-0.2, 0) is 4.57 Å². The predicted molar refractivity (Wildman–Crippen MR) is 97.7 cm³/mol. The molecule has 1 rings (SSSR count). The first-order chi connectivity index (χ1) is 10.8. The Labute approximate surface area is 143 Å². The van der Waals surface area contributed by atoms with Crippen LogP contribution in [0.5, 0.6) is 0 Å². The molecule has 1 aliphatic rings. The standard InChI is InChI=1S/C18H38NO3P/c1-4-7-13-17(12-6-3,14-8-5-2)19-18(23(20,21)22)15-10-9-11-16-18/h19H,4-16H2,1-3H3,(H2,20,21,22). The number of hydrogen-bond donors (Lipinski definition) is 3. The van der Waals surface area contributed by atoms with Crippen molar-refractivity contribution in [2.75, 3.05) is 0 Å². The van der Waals surface area contributed by atoms with Crippen LogP contribution in [0.4, 0.5) is 0 Å². The number of hydrogen-bond acceptors (Lipinski definition) is 2. The molecule has 1 saturated carbocycles. The summed E-state index contributed by atoms with van der Waals surface area (Å²) in [6.07, 6.45) is 12.8. The minimum atomic E-state index is -4.17. The Bertz CT molecular complexity index is 366. The van der Waals surface area contributed by atoms with Gasteiger partial charge in [-0.2, -0.15) is 0 Å². The first-order valence-electron chi connectivity index (χ1n) is 9.70. The summed E-state index contributed by atoms with van der Waals surface area (Å²) in [4.78, 5) is 20.2. The molecule has 138 valence electrons. The minimum absolute atomic E-state index is 0.112. The Balaban J connectivity index is 3.08. The molecule has 0 amide bonds. The molecule has 1 aliphatic carbocycles. The normalized spacial score (nSPS) is 19.0. The highest BCUT2D eigenvalue weighted by Crippen LogP contribution is 2.57. The summed E-state index contributed by atoms with van der Waals surface area (Å²) in [5.41, 5.74) is -0.112. The molecule has 0 heterocycles. The average molecular weight is 347 g/mol. The number of unbranched alkanes of at least 4 members (excludes halogenated alkanes) is 2. The lowest BCUT2D eigenvalue weighted by molar-refractivity contribution is 0.150. The Morgan fingerprint density at radius 2 is 1.43 bits per heavy atom. The van der Waals surface area contributed by atoms with Crippen molar-refractivity contribution in [3.05, 3.63) is 0 Å². The molecule has 1 fully saturated rings. The van der Waals surface area contributed by atoms with Gasteiger partial charge in [-0.25, -0.2) is 0 Å². The summed E-state index contributed by atoms with van der Waals surface area (Å²) in [5, 5.41) is 2.65. The molecule has 23 heavy (non-hydrogen) atoms. The number of rotatable bonds is 11. The van der Waals surface area contributed by atoms with Crippen LogP contribution >= 0.6 is 7.60 Å². The Hall–Kier alpha value is 0.110. The van der Waals surface area contributed by atoms with Crippen molar-refractivity contribution in [2.45, 2.75) is 115 Å². The highest BCUT2D eigenvalue weighted by Gasteiger charge is 2.51. The molecule has 0 aromatic heterocycles. The maximum Gasteiger partial charge on any atom is 0.345 e. The summed E-state index contributed by atoms with van der Waals surface area (Å²) in [7, 11) is -4.17. The van der Waals surface area contributed by atoms with Crippen molar-refractivity contribution in [3.8, 4) is 0 Å². The van der Waals surface area contributed by atoms with Gasteiger partial charge in [0.05, 0.1) is 0 Å². The van der Waals surface area contributed by atoms with Crippen molar-refractivity contribution in [2.24, 2.45) is 0 Å². The van der Waals surface area contributed by atoms with E-state index in [0.29, 0.717) is 12.8 Å². The third-order valence-corrected chi connectivity index (χ3v) is 7.16. The van der Waals surface area contributed by atoms with Crippen LogP contribution < -0.4 is 5.32 Å². The summed E-state index contributed by atoms with van der Waals surface area (Å²) < 4.78 is 12.4. The van der Waals surface area contributed by atoms with Gasteiger partial charge in [-0.3, -0.25) is 9.88 Å². The van der Waals surface area contributed by atoms with Gasteiger partial charge in [0.2, 0.25) is 0 Å². The van der Waals surface area contributed by atoms with E-state index >= 15 is 0 Å². The lowest BCUT2D eigenvalue weighted by Crippen LogP contribution is -2.58. The first-order valence-corrected chi connectivity index (χ1v) is 11.3. The third kappa shape index (κ3) is 5.85. The van der Waals surface area contributed by atoms with Gasteiger partial charge in [-0.1, -0.05) is 72.1 Å². The van der Waals surface area contributed by atoms with E-state index in [9.17, 15) is 14.4 Å². The van der Waals surface area contributed by atoms with Gasteiger partial charge in [0.25, 0.3) is 0 Å². The number of nitrogens with one attached hydrogen (secondary N) is 1. The van der Waals surface area contributed by atoms with Crippen molar-refractivity contribution < 1.29 is 14.4 Å². The fraction of sp³-hybridized carbons (Fsp3) is 1.00. The van der Waals surface area contributed by atoms with Gasteiger partial charge in [-0.05, 0) is 32.1 Å². The Morgan fingerprint density at radius 3 is 1.83 bits per heavy atom. The van der Waals surface area contributed by atoms with E-state index in [1.54, 1.807) is 0 Å². The lowest BCUT2D eigenvalue weighted by atomic mass is 9.80. The Morgan fingerprint density at radius 1 is 0.913 bits per heavy atom. The molecule has 0 saturated heterocycles. The smallest absolute Gasteiger partial charge is 0.323 e. The van der Waals surface area contributed by atoms with Crippen LogP contribution in [0.3, 0.4) is 0 Å². The molecular weight excluding hydrogens is 309 g/mol. The highest BCUT2D eigenvalue weighted by atomic mass is 31.2. The molecule has 0 radical (unpaired) electrons. The lowest BCUT2D eigenvalue weighted by Gasteiger charge is -2.47. The predicted octanol–water partition coefficient (Wildman–Crippen LogP) is 5.33. The van der Waals surface area contributed by atoms with Crippen LogP contribution in [0.15, 0.2) is 0 Å². The second kappa shape index (κ2) is 9.56. The van der Waals surface area contributed by atoms with E-state index in [4.69, 9.17) is 0 Å². The van der Waals surface area contributed by atoms with Crippen molar-refractivity contribution in [3.63, 3.8) is 0 Å². The largest absolute Gasteiger partial charge is 0.345 e. The summed E-state index contributed by atoms with van der Waals surface area (Å²) in [6.45, 7) is 6.56. The van der Waals surface area contributed by atoms with E-state index in [1.165, 1.54) is 0 Å². The van der Waals surface area contributed by atoms with Crippen molar-refractivity contribution in [1.82, 2.24) is 5.32 Å². The van der Waals surface area contributed by atoms with E-state index in [0.717, 1.165) is 70.6 Å². The molecule has 0 aromatic rings. The molecular formula is C18H38NO3P. The van der Waals surface area contributed by atoms with E-state index in [2.05, 4.69) is 26.1 Å². The van der Waals surface area contributed by atoms with Crippen LogP contribution in [0.1, 0.15) is 104 Å². The molecule has 0 aromatic carbocycles. The molecule has 0 bridgehead atoms.